The second kappa shape index (κ2) is 13.3. The lowest BCUT2D eigenvalue weighted by atomic mass is 9.70. The molecule has 2 aromatic rings. The van der Waals surface area contributed by atoms with E-state index in [1.54, 1.807) is 45.5 Å². The van der Waals surface area contributed by atoms with E-state index in [4.69, 9.17) is 4.74 Å². The fourth-order valence-corrected chi connectivity index (χ4v) is 11.1. The molecule has 3 fully saturated rings. The van der Waals surface area contributed by atoms with E-state index in [9.17, 15) is 19.5 Å². The predicted molar refractivity (Wildman–Crippen MR) is 184 cm³/mol. The lowest BCUT2D eigenvalue weighted by Gasteiger charge is -2.40. The molecule has 3 aliphatic heterocycles. The van der Waals surface area contributed by atoms with Crippen LogP contribution in [-0.4, -0.2) is 80.9 Å². The van der Waals surface area contributed by atoms with Gasteiger partial charge in [0.2, 0.25) is 11.8 Å². The van der Waals surface area contributed by atoms with Gasteiger partial charge in [-0.2, -0.15) is 0 Å². The molecule has 1 spiro atoms. The standard InChI is InChI=1S/C35H42BrN3O5S/c1-7-17-37(24-13-15-25(16-14-24)44-9-3)32(41)27-28-33(42)39(23(6)20-40)31(35(28)19-26(36)30(27)45-35)34(43)38(18-8-2)29-21(4)11-10-12-22(29)5/h7-8,10-16,23,26-28,30-31,40H,1-2,9,17-20H2,3-6H3/t23-,26?,27+,28+,30+,31?,35?/m1/s1. The first-order valence-corrected chi connectivity index (χ1v) is 17.2. The van der Waals surface area contributed by atoms with E-state index in [2.05, 4.69) is 29.1 Å². The maximum absolute atomic E-state index is 14.9. The molecule has 2 aromatic carbocycles. The molecule has 5 rings (SSSR count). The molecule has 8 nitrogen and oxygen atoms in total. The average molecular weight is 697 g/mol. The fraction of sp³-hybridized carbons (Fsp3) is 0.457. The molecule has 3 saturated heterocycles. The number of halogens is 1. The van der Waals surface area contributed by atoms with Gasteiger partial charge in [-0.05, 0) is 69.5 Å². The molecule has 1 N–H and O–H groups in total. The summed E-state index contributed by atoms with van der Waals surface area (Å²) in [4.78, 5) is 49.0. The molecule has 240 valence electrons. The highest BCUT2D eigenvalue weighted by Gasteiger charge is 2.76. The van der Waals surface area contributed by atoms with Crippen LogP contribution in [-0.2, 0) is 14.4 Å². The number of alkyl halides is 1. The van der Waals surface area contributed by atoms with Crippen molar-refractivity contribution in [1.82, 2.24) is 4.90 Å². The normalized spacial score (nSPS) is 27.2. The number of hydrogen-bond donors (Lipinski definition) is 1. The minimum absolute atomic E-state index is 0.0841. The Morgan fingerprint density at radius 2 is 1.73 bits per heavy atom. The third-order valence-electron chi connectivity index (χ3n) is 9.31. The summed E-state index contributed by atoms with van der Waals surface area (Å²) < 4.78 is 4.75. The molecule has 0 saturated carbocycles. The van der Waals surface area contributed by atoms with Crippen molar-refractivity contribution in [2.75, 3.05) is 36.1 Å². The van der Waals surface area contributed by atoms with Crippen LogP contribution in [0.15, 0.2) is 67.8 Å². The largest absolute Gasteiger partial charge is 0.494 e. The number of para-hydroxylation sites is 1. The number of benzene rings is 2. The predicted octanol–water partition coefficient (Wildman–Crippen LogP) is 5.29. The minimum atomic E-state index is -0.873. The van der Waals surface area contributed by atoms with Crippen molar-refractivity contribution in [1.29, 1.82) is 0 Å². The minimum Gasteiger partial charge on any atom is -0.494 e. The number of aliphatic hydroxyl groups excluding tert-OH is 1. The Bertz CT molecular complexity index is 1460. The third-order valence-corrected chi connectivity index (χ3v) is 12.5. The van der Waals surface area contributed by atoms with Gasteiger partial charge in [-0.3, -0.25) is 14.4 Å². The van der Waals surface area contributed by atoms with Crippen LogP contribution in [0.4, 0.5) is 11.4 Å². The molecule has 45 heavy (non-hydrogen) atoms. The lowest BCUT2D eigenvalue weighted by Crippen LogP contribution is -2.58. The van der Waals surface area contributed by atoms with Crippen LogP contribution in [0.25, 0.3) is 0 Å². The number of hydrogen-bond acceptors (Lipinski definition) is 6. The third kappa shape index (κ3) is 5.52. The second-order valence-electron chi connectivity index (χ2n) is 12.1. The topological polar surface area (TPSA) is 90.4 Å². The molecule has 0 radical (unpaired) electrons. The number of carbonyl (C=O) groups is 3. The number of ether oxygens (including phenoxy) is 1. The van der Waals surface area contributed by atoms with Crippen molar-refractivity contribution < 1.29 is 24.2 Å². The van der Waals surface area contributed by atoms with Gasteiger partial charge in [0.15, 0.2) is 0 Å². The summed E-state index contributed by atoms with van der Waals surface area (Å²) in [6, 6.07) is 11.7. The van der Waals surface area contributed by atoms with Crippen molar-refractivity contribution in [3.05, 3.63) is 78.9 Å². The Labute approximate surface area is 278 Å². The number of rotatable bonds is 12. The summed E-state index contributed by atoms with van der Waals surface area (Å²) in [5, 5.41) is 10.1. The van der Waals surface area contributed by atoms with Crippen molar-refractivity contribution in [3.63, 3.8) is 0 Å². The van der Waals surface area contributed by atoms with Gasteiger partial charge in [-0.1, -0.05) is 46.3 Å². The first kappa shape index (κ1) is 33.3. The molecule has 7 atom stereocenters. The molecule has 0 aliphatic carbocycles. The number of thioether (sulfide) groups is 1. The number of fused-ring (bicyclic) bond motifs is 1. The summed E-state index contributed by atoms with van der Waals surface area (Å²) in [6.45, 7) is 16.2. The highest BCUT2D eigenvalue weighted by atomic mass is 79.9. The molecular formula is C35H42BrN3O5S. The number of nitrogens with zero attached hydrogens (tertiary/aromatic N) is 3. The van der Waals surface area contributed by atoms with Gasteiger partial charge in [-0.25, -0.2) is 0 Å². The van der Waals surface area contributed by atoms with Crippen LogP contribution in [0.2, 0.25) is 0 Å². The van der Waals surface area contributed by atoms with Crippen LogP contribution in [0.1, 0.15) is 31.4 Å². The van der Waals surface area contributed by atoms with Crippen LogP contribution in [0.3, 0.4) is 0 Å². The van der Waals surface area contributed by atoms with Gasteiger partial charge >= 0.3 is 0 Å². The molecule has 0 aromatic heterocycles. The SMILES string of the molecule is C=CCN(C(=O)[C@H]1[C@H]2C(=O)N([C@H](C)CO)C(C(=O)N(CC=C)c3c(C)cccc3C)C23CC(Br)[C@@H]1S3)c1ccc(OCC)cc1. The van der Waals surface area contributed by atoms with Crippen molar-refractivity contribution in [2.24, 2.45) is 11.8 Å². The molecule has 10 heteroatoms. The molecule has 3 aliphatic rings. The summed E-state index contributed by atoms with van der Waals surface area (Å²) in [6.07, 6.45) is 3.92. The fourth-order valence-electron chi connectivity index (χ4n) is 7.51. The Kier molecular flexibility index (Phi) is 9.87. The van der Waals surface area contributed by atoms with E-state index in [1.165, 1.54) is 0 Å². The van der Waals surface area contributed by atoms with Gasteiger partial charge in [0.05, 0.1) is 35.8 Å². The number of carbonyl (C=O) groups excluding carboxylic acids is 3. The summed E-state index contributed by atoms with van der Waals surface area (Å²) in [7, 11) is 0. The highest BCUT2D eigenvalue weighted by Crippen LogP contribution is 2.68. The summed E-state index contributed by atoms with van der Waals surface area (Å²) in [5.74, 6) is -1.35. The Balaban J connectivity index is 1.59. The van der Waals surface area contributed by atoms with E-state index < -0.39 is 28.7 Å². The van der Waals surface area contributed by atoms with E-state index >= 15 is 0 Å². The summed E-state index contributed by atoms with van der Waals surface area (Å²) >= 11 is 5.45. The molecule has 3 amide bonds. The highest BCUT2D eigenvalue weighted by molar-refractivity contribution is 9.09. The van der Waals surface area contributed by atoms with Gasteiger partial charge < -0.3 is 24.5 Å². The van der Waals surface area contributed by atoms with E-state index in [0.29, 0.717) is 24.5 Å². The number of aryl methyl sites for hydroxylation is 2. The number of anilines is 2. The van der Waals surface area contributed by atoms with Crippen LogP contribution in [0, 0.1) is 25.7 Å². The Morgan fingerprint density at radius 3 is 2.31 bits per heavy atom. The van der Waals surface area contributed by atoms with E-state index in [0.717, 1.165) is 16.8 Å². The van der Waals surface area contributed by atoms with Crippen molar-refractivity contribution in [3.8, 4) is 5.75 Å². The zero-order valence-electron chi connectivity index (χ0n) is 26.3. The van der Waals surface area contributed by atoms with Gasteiger partial charge in [-0.15, -0.1) is 24.9 Å². The molecular weight excluding hydrogens is 654 g/mol. The van der Waals surface area contributed by atoms with Crippen LogP contribution < -0.4 is 14.5 Å². The van der Waals surface area contributed by atoms with E-state index in [1.807, 2.05) is 63.2 Å². The second-order valence-corrected chi connectivity index (χ2v) is 14.8. The zero-order chi connectivity index (χ0) is 32.6. The monoisotopic (exact) mass is 695 g/mol. The molecule has 3 heterocycles. The van der Waals surface area contributed by atoms with Crippen LogP contribution >= 0.6 is 27.7 Å². The molecule has 3 unspecified atom stereocenters. The Hall–Kier alpha value is -3.08. The quantitative estimate of drug-likeness (QED) is 0.240. The first-order chi connectivity index (χ1) is 21.6. The first-order valence-electron chi connectivity index (χ1n) is 15.4. The molecule has 2 bridgehead atoms. The van der Waals surface area contributed by atoms with Gasteiger partial charge in [0.1, 0.15) is 11.8 Å². The summed E-state index contributed by atoms with van der Waals surface area (Å²) in [5.41, 5.74) is 3.35. The number of aliphatic hydroxyl groups is 1. The maximum Gasteiger partial charge on any atom is 0.251 e. The van der Waals surface area contributed by atoms with Crippen molar-refractivity contribution in [2.45, 2.75) is 61.0 Å². The number of likely N-dealkylation sites (tertiary alicyclic amines) is 1. The maximum atomic E-state index is 14.9. The average Bonchev–Trinajstić information content (AvgIpc) is 3.62. The van der Waals surface area contributed by atoms with Crippen LogP contribution in [0.5, 0.6) is 5.75 Å². The number of amides is 3. The Morgan fingerprint density at radius 1 is 1.11 bits per heavy atom. The smallest absolute Gasteiger partial charge is 0.251 e. The lowest BCUT2D eigenvalue weighted by molar-refractivity contribution is -0.141. The van der Waals surface area contributed by atoms with Gasteiger partial charge in [0, 0.05) is 34.5 Å². The van der Waals surface area contributed by atoms with E-state index in [-0.39, 0.29) is 47.5 Å². The zero-order valence-corrected chi connectivity index (χ0v) is 28.7. The van der Waals surface area contributed by atoms with Gasteiger partial charge in [0.25, 0.3) is 5.91 Å². The van der Waals surface area contributed by atoms with Crippen molar-refractivity contribution >= 4 is 56.8 Å².